The summed E-state index contributed by atoms with van der Waals surface area (Å²) in [7, 11) is 0. The van der Waals surface area contributed by atoms with Crippen molar-refractivity contribution in [1.29, 1.82) is 0 Å². The van der Waals surface area contributed by atoms with E-state index in [1.807, 2.05) is 0 Å². The molecule has 0 aliphatic rings. The number of nitrogens with zero attached hydrogens (tertiary/aromatic N) is 2. The lowest BCUT2D eigenvalue weighted by Gasteiger charge is -2.05. The topological polar surface area (TPSA) is 51.0 Å². The summed E-state index contributed by atoms with van der Waals surface area (Å²) < 4.78 is 18.1. The van der Waals surface area contributed by atoms with Crippen molar-refractivity contribution < 1.29 is 8.91 Å². The Bertz CT molecular complexity index is 515. The first-order valence-electron chi connectivity index (χ1n) is 5.09. The lowest BCUT2D eigenvalue weighted by molar-refractivity contribution is 0.364. The second-order valence-electron chi connectivity index (χ2n) is 3.55. The molecule has 2 rings (SSSR count). The smallest absolute Gasteiger partial charge is 0.240 e. The molecule has 4 nitrogen and oxygen atoms in total. The fourth-order valence-electron chi connectivity index (χ4n) is 1.40. The van der Waals surface area contributed by atoms with Gasteiger partial charge in [-0.25, -0.2) is 4.39 Å². The lowest BCUT2D eigenvalue weighted by Crippen LogP contribution is -2.13. The summed E-state index contributed by atoms with van der Waals surface area (Å²) in [4.78, 5) is 4.03. The minimum absolute atomic E-state index is 0.140. The van der Waals surface area contributed by atoms with Gasteiger partial charge in [-0.1, -0.05) is 28.9 Å². The molecular weight excluding hydrogens is 245 g/mol. The Labute approximate surface area is 103 Å². The van der Waals surface area contributed by atoms with Crippen molar-refractivity contribution in [2.75, 3.05) is 0 Å². The van der Waals surface area contributed by atoms with Crippen LogP contribution in [0.15, 0.2) is 22.7 Å². The fraction of sp³-hybridized carbons (Fsp3) is 0.273. The van der Waals surface area contributed by atoms with Crippen LogP contribution in [-0.4, -0.2) is 10.1 Å². The van der Waals surface area contributed by atoms with E-state index in [0.29, 0.717) is 30.4 Å². The molecular formula is C11H11ClFN3O. The van der Waals surface area contributed by atoms with Gasteiger partial charge in [0.2, 0.25) is 5.89 Å². The summed E-state index contributed by atoms with van der Waals surface area (Å²) in [5, 5.41) is 6.85. The van der Waals surface area contributed by atoms with Gasteiger partial charge in [-0.15, -0.1) is 0 Å². The maximum absolute atomic E-state index is 13.1. The van der Waals surface area contributed by atoms with Gasteiger partial charge in [0.05, 0.1) is 11.6 Å². The first-order chi connectivity index (χ1) is 8.16. The van der Waals surface area contributed by atoms with Gasteiger partial charge in [-0.3, -0.25) is 0 Å². The van der Waals surface area contributed by atoms with Crippen LogP contribution in [0.4, 0.5) is 4.39 Å². The number of hydrogen-bond donors (Lipinski definition) is 1. The normalized spacial score (nSPS) is 10.8. The predicted octanol–water partition coefficient (Wildman–Crippen LogP) is 2.46. The number of aromatic nitrogens is 2. The zero-order valence-electron chi connectivity index (χ0n) is 9.20. The Hall–Kier alpha value is -1.46. The number of nitrogens with one attached hydrogen (secondary N) is 1. The van der Waals surface area contributed by atoms with E-state index in [0.717, 1.165) is 0 Å². The quantitative estimate of drug-likeness (QED) is 0.912. The Kier molecular flexibility index (Phi) is 3.71. The molecule has 1 aromatic carbocycles. The van der Waals surface area contributed by atoms with Crippen molar-refractivity contribution in [3.8, 4) is 0 Å². The SMILES string of the molecule is Cc1noc(CNCc2cccc(F)c2Cl)n1. The van der Waals surface area contributed by atoms with E-state index in [1.54, 1.807) is 19.1 Å². The highest BCUT2D eigenvalue weighted by molar-refractivity contribution is 6.31. The van der Waals surface area contributed by atoms with E-state index in [2.05, 4.69) is 15.5 Å². The third-order valence-corrected chi connectivity index (χ3v) is 2.62. The molecule has 0 fully saturated rings. The van der Waals surface area contributed by atoms with E-state index < -0.39 is 5.82 Å². The number of halogens is 2. The molecule has 0 saturated heterocycles. The van der Waals surface area contributed by atoms with Gasteiger partial charge in [0, 0.05) is 6.54 Å². The van der Waals surface area contributed by atoms with Crippen molar-refractivity contribution >= 4 is 11.6 Å². The number of aryl methyl sites for hydroxylation is 1. The highest BCUT2D eigenvalue weighted by Gasteiger charge is 2.06. The van der Waals surface area contributed by atoms with Crippen molar-refractivity contribution in [2.24, 2.45) is 0 Å². The summed E-state index contributed by atoms with van der Waals surface area (Å²) in [6, 6.07) is 4.71. The van der Waals surface area contributed by atoms with Crippen LogP contribution in [0.5, 0.6) is 0 Å². The van der Waals surface area contributed by atoms with Crippen LogP contribution >= 0.6 is 11.6 Å². The van der Waals surface area contributed by atoms with Crippen LogP contribution in [0.2, 0.25) is 5.02 Å². The van der Waals surface area contributed by atoms with Gasteiger partial charge < -0.3 is 9.84 Å². The van der Waals surface area contributed by atoms with E-state index in [1.165, 1.54) is 6.07 Å². The molecule has 0 amide bonds. The summed E-state index contributed by atoms with van der Waals surface area (Å²) in [6.45, 7) is 2.61. The molecule has 0 bridgehead atoms. The highest BCUT2D eigenvalue weighted by Crippen LogP contribution is 2.19. The average molecular weight is 256 g/mol. The molecule has 1 N–H and O–H groups in total. The second-order valence-corrected chi connectivity index (χ2v) is 3.93. The summed E-state index contributed by atoms with van der Waals surface area (Å²) in [5.41, 5.74) is 0.697. The van der Waals surface area contributed by atoms with Crippen LogP contribution in [0, 0.1) is 12.7 Å². The lowest BCUT2D eigenvalue weighted by atomic mass is 10.2. The zero-order valence-corrected chi connectivity index (χ0v) is 9.96. The van der Waals surface area contributed by atoms with E-state index in [4.69, 9.17) is 16.1 Å². The van der Waals surface area contributed by atoms with E-state index >= 15 is 0 Å². The van der Waals surface area contributed by atoms with Crippen molar-refractivity contribution in [3.63, 3.8) is 0 Å². The molecule has 0 unspecified atom stereocenters. The second kappa shape index (κ2) is 5.25. The molecule has 0 aliphatic heterocycles. The third-order valence-electron chi connectivity index (χ3n) is 2.19. The molecule has 0 atom stereocenters. The van der Waals surface area contributed by atoms with E-state index in [9.17, 15) is 4.39 Å². The Morgan fingerprint density at radius 3 is 2.94 bits per heavy atom. The number of hydrogen-bond acceptors (Lipinski definition) is 4. The van der Waals surface area contributed by atoms with Crippen LogP contribution in [0.1, 0.15) is 17.3 Å². The standard InChI is InChI=1S/C11H11ClFN3O/c1-7-15-10(17-16-7)6-14-5-8-3-2-4-9(13)11(8)12/h2-4,14H,5-6H2,1H3. The molecule has 90 valence electrons. The fourth-order valence-corrected chi connectivity index (χ4v) is 1.59. The van der Waals surface area contributed by atoms with Gasteiger partial charge in [0.25, 0.3) is 0 Å². The molecule has 17 heavy (non-hydrogen) atoms. The van der Waals surface area contributed by atoms with Gasteiger partial charge in [-0.2, -0.15) is 4.98 Å². The molecule has 0 spiro atoms. The van der Waals surface area contributed by atoms with Crippen molar-refractivity contribution in [3.05, 3.63) is 46.3 Å². The van der Waals surface area contributed by atoms with E-state index in [-0.39, 0.29) is 5.02 Å². The molecule has 6 heteroatoms. The first kappa shape index (κ1) is 12.0. The maximum Gasteiger partial charge on any atom is 0.240 e. The van der Waals surface area contributed by atoms with Crippen molar-refractivity contribution in [2.45, 2.75) is 20.0 Å². The Morgan fingerprint density at radius 1 is 1.41 bits per heavy atom. The van der Waals surface area contributed by atoms with Crippen LogP contribution < -0.4 is 5.32 Å². The van der Waals surface area contributed by atoms with Gasteiger partial charge in [0.1, 0.15) is 5.82 Å². The molecule has 0 saturated carbocycles. The molecule has 2 aromatic rings. The largest absolute Gasteiger partial charge is 0.338 e. The predicted molar refractivity (Wildman–Crippen MR) is 61.0 cm³/mol. The number of benzene rings is 1. The van der Waals surface area contributed by atoms with Gasteiger partial charge in [0.15, 0.2) is 5.82 Å². The summed E-state index contributed by atoms with van der Waals surface area (Å²) in [6.07, 6.45) is 0. The first-order valence-corrected chi connectivity index (χ1v) is 5.47. The zero-order chi connectivity index (χ0) is 12.3. The molecule has 1 aromatic heterocycles. The van der Waals surface area contributed by atoms with Crippen LogP contribution in [0.25, 0.3) is 0 Å². The minimum Gasteiger partial charge on any atom is -0.338 e. The number of rotatable bonds is 4. The summed E-state index contributed by atoms with van der Waals surface area (Å²) in [5.74, 6) is 0.667. The minimum atomic E-state index is -0.417. The monoisotopic (exact) mass is 255 g/mol. The molecule has 0 radical (unpaired) electrons. The van der Waals surface area contributed by atoms with Crippen LogP contribution in [0.3, 0.4) is 0 Å². The third kappa shape index (κ3) is 3.01. The molecule has 1 heterocycles. The summed E-state index contributed by atoms with van der Waals surface area (Å²) >= 11 is 5.81. The average Bonchev–Trinajstić information content (AvgIpc) is 2.70. The Morgan fingerprint density at radius 2 is 2.24 bits per heavy atom. The maximum atomic E-state index is 13.1. The van der Waals surface area contributed by atoms with Crippen LogP contribution in [-0.2, 0) is 13.1 Å². The molecule has 0 aliphatic carbocycles. The van der Waals surface area contributed by atoms with Crippen molar-refractivity contribution in [1.82, 2.24) is 15.5 Å². The highest BCUT2D eigenvalue weighted by atomic mass is 35.5. The van der Waals surface area contributed by atoms with Gasteiger partial charge >= 0.3 is 0 Å². The van der Waals surface area contributed by atoms with Gasteiger partial charge in [-0.05, 0) is 18.6 Å². The Balaban J connectivity index is 1.92.